The first-order valence-electron chi connectivity index (χ1n) is 7.13. The fourth-order valence-electron chi connectivity index (χ4n) is 0.956. The van der Waals surface area contributed by atoms with Gasteiger partial charge in [-0.05, 0) is 41.5 Å². The summed E-state index contributed by atoms with van der Waals surface area (Å²) in [4.78, 5) is 42.0. The fourth-order valence-corrected chi connectivity index (χ4v) is 0.956. The van der Waals surface area contributed by atoms with Gasteiger partial charge < -0.3 is 14.4 Å². The molecule has 0 rings (SSSR count). The number of carbonyl (C=O) groups is 2. The summed E-state index contributed by atoms with van der Waals surface area (Å²) in [7, 11) is 0. The van der Waals surface area contributed by atoms with Gasteiger partial charge in [-0.2, -0.15) is 4.89 Å². The molecule has 0 atom stereocenters. The molecule has 0 unspecified atom stereocenters. The van der Waals surface area contributed by atoms with E-state index in [0.29, 0.717) is 0 Å². The molecule has 0 aromatic rings. The second kappa shape index (κ2) is 8.73. The van der Waals surface area contributed by atoms with Crippen LogP contribution in [-0.4, -0.2) is 29.6 Å². The third-order valence-electron chi connectivity index (χ3n) is 1.83. The lowest BCUT2D eigenvalue weighted by molar-refractivity contribution is -0.379. The molecule has 0 spiro atoms. The van der Waals surface area contributed by atoms with E-state index in [4.69, 9.17) is 24.1 Å². The molecule has 0 saturated heterocycles. The monoisotopic (exact) mass is 334 g/mol. The van der Waals surface area contributed by atoms with Crippen LogP contribution >= 0.6 is 0 Å². The van der Waals surface area contributed by atoms with Crippen LogP contribution in [0.2, 0.25) is 0 Å². The SMILES string of the molecule is CC(=COOC(C)(C)C)C(=O)OC(C)(C)OOC(=O)OC(C)C. The molecule has 0 aromatic carbocycles. The quantitative estimate of drug-likeness (QED) is 0.175. The summed E-state index contributed by atoms with van der Waals surface area (Å²) in [5.74, 6) is -2.24. The molecule has 8 nitrogen and oxygen atoms in total. The highest BCUT2D eigenvalue weighted by molar-refractivity contribution is 5.87. The average molecular weight is 334 g/mol. The van der Waals surface area contributed by atoms with Crippen LogP contribution in [0.5, 0.6) is 0 Å². The van der Waals surface area contributed by atoms with Crippen LogP contribution in [0.4, 0.5) is 4.79 Å². The van der Waals surface area contributed by atoms with E-state index >= 15 is 0 Å². The van der Waals surface area contributed by atoms with Crippen LogP contribution in [0, 0.1) is 0 Å². The van der Waals surface area contributed by atoms with Gasteiger partial charge in [-0.25, -0.2) is 9.59 Å². The van der Waals surface area contributed by atoms with Gasteiger partial charge in [-0.15, -0.1) is 4.89 Å². The number of hydrogen-bond donors (Lipinski definition) is 0. The largest absolute Gasteiger partial charge is 0.540 e. The van der Waals surface area contributed by atoms with Crippen LogP contribution < -0.4 is 0 Å². The summed E-state index contributed by atoms with van der Waals surface area (Å²) in [5, 5.41) is 0. The number of ether oxygens (including phenoxy) is 2. The molecule has 0 fully saturated rings. The molecule has 0 N–H and O–H groups in total. The summed E-state index contributed by atoms with van der Waals surface area (Å²) in [5.41, 5.74) is -0.385. The first-order valence-corrected chi connectivity index (χ1v) is 7.13. The third-order valence-corrected chi connectivity index (χ3v) is 1.83. The van der Waals surface area contributed by atoms with Crippen molar-refractivity contribution in [2.75, 3.05) is 0 Å². The number of carbonyl (C=O) groups excluding carboxylic acids is 2. The van der Waals surface area contributed by atoms with Crippen molar-refractivity contribution in [1.29, 1.82) is 0 Å². The fraction of sp³-hybridized carbons (Fsp3) is 0.733. The predicted octanol–water partition coefficient (Wildman–Crippen LogP) is 3.41. The Hall–Kier alpha value is -1.80. The average Bonchev–Trinajstić information content (AvgIpc) is 2.33. The molecule has 0 aliphatic rings. The van der Waals surface area contributed by atoms with E-state index in [1.807, 2.05) is 0 Å². The van der Waals surface area contributed by atoms with Crippen molar-refractivity contribution < 1.29 is 38.6 Å². The molecule has 8 heteroatoms. The topological polar surface area (TPSA) is 89.5 Å². The van der Waals surface area contributed by atoms with Gasteiger partial charge in [0, 0.05) is 13.8 Å². The predicted molar refractivity (Wildman–Crippen MR) is 79.6 cm³/mol. The molecule has 23 heavy (non-hydrogen) atoms. The van der Waals surface area contributed by atoms with Gasteiger partial charge in [-0.3, -0.25) is 4.89 Å². The highest BCUT2D eigenvalue weighted by Crippen LogP contribution is 2.16. The van der Waals surface area contributed by atoms with Crippen LogP contribution in [-0.2, 0) is 33.8 Å². The van der Waals surface area contributed by atoms with Gasteiger partial charge >= 0.3 is 12.1 Å². The summed E-state index contributed by atoms with van der Waals surface area (Å²) in [6, 6.07) is 0. The molecule has 0 aliphatic heterocycles. The summed E-state index contributed by atoms with van der Waals surface area (Å²) in [6.45, 7) is 12.9. The van der Waals surface area contributed by atoms with Gasteiger partial charge in [0.2, 0.25) is 0 Å². The zero-order chi connectivity index (χ0) is 18.3. The summed E-state index contributed by atoms with van der Waals surface area (Å²) < 4.78 is 9.75. The van der Waals surface area contributed by atoms with E-state index in [0.717, 1.165) is 6.26 Å². The van der Waals surface area contributed by atoms with Gasteiger partial charge in [-0.1, -0.05) is 0 Å². The maximum Gasteiger partial charge on any atom is 0.540 e. The van der Waals surface area contributed by atoms with E-state index in [1.54, 1.807) is 34.6 Å². The minimum absolute atomic E-state index is 0.135. The number of hydrogen-bond acceptors (Lipinski definition) is 8. The van der Waals surface area contributed by atoms with Crippen molar-refractivity contribution in [1.82, 2.24) is 0 Å². The second-order valence-electron chi connectivity index (χ2n) is 6.47. The van der Waals surface area contributed by atoms with Gasteiger partial charge in [0.15, 0.2) is 0 Å². The Balaban J connectivity index is 4.39. The molecule has 0 heterocycles. The highest BCUT2D eigenvalue weighted by Gasteiger charge is 2.28. The zero-order valence-corrected chi connectivity index (χ0v) is 14.9. The molecule has 0 bridgehead atoms. The Bertz CT molecular complexity index is 431. The van der Waals surface area contributed by atoms with Crippen molar-refractivity contribution in [2.45, 2.75) is 72.9 Å². The van der Waals surface area contributed by atoms with Crippen LogP contribution in [0.15, 0.2) is 11.8 Å². The van der Waals surface area contributed by atoms with Crippen molar-refractivity contribution in [3.05, 3.63) is 11.8 Å². The molecule has 0 aromatic heterocycles. The molecule has 0 radical (unpaired) electrons. The number of esters is 1. The Morgan fingerprint density at radius 3 is 2.04 bits per heavy atom. The van der Waals surface area contributed by atoms with Crippen LogP contribution in [0.1, 0.15) is 55.4 Å². The maximum absolute atomic E-state index is 11.9. The van der Waals surface area contributed by atoms with E-state index in [1.165, 1.54) is 20.8 Å². The smallest absolute Gasteiger partial charge is 0.430 e. The Morgan fingerprint density at radius 2 is 1.57 bits per heavy atom. The highest BCUT2D eigenvalue weighted by atomic mass is 17.3. The molecule has 134 valence electrons. The standard InChI is InChI=1S/C15H26O8/c1-10(2)19-13(17)21-23-15(7,8)20-12(16)11(3)9-18-22-14(4,5)6/h9-10H,1-8H3. The Morgan fingerprint density at radius 1 is 1.00 bits per heavy atom. The van der Waals surface area contributed by atoms with Crippen molar-refractivity contribution in [2.24, 2.45) is 0 Å². The lowest BCUT2D eigenvalue weighted by Gasteiger charge is -2.23. The van der Waals surface area contributed by atoms with E-state index in [9.17, 15) is 9.59 Å². The van der Waals surface area contributed by atoms with Crippen LogP contribution in [0.25, 0.3) is 0 Å². The van der Waals surface area contributed by atoms with E-state index in [2.05, 4.69) is 4.89 Å². The lowest BCUT2D eigenvalue weighted by Crippen LogP contribution is -2.33. The van der Waals surface area contributed by atoms with Gasteiger partial charge in [0.1, 0.15) is 11.9 Å². The minimum atomic E-state index is -1.51. The first kappa shape index (κ1) is 21.2. The van der Waals surface area contributed by atoms with Crippen LogP contribution in [0.3, 0.4) is 0 Å². The van der Waals surface area contributed by atoms with E-state index < -0.39 is 23.5 Å². The normalized spacial score (nSPS) is 12.8. The lowest BCUT2D eigenvalue weighted by atomic mass is 10.2. The van der Waals surface area contributed by atoms with Crippen molar-refractivity contribution in [3.8, 4) is 0 Å². The van der Waals surface area contributed by atoms with E-state index in [-0.39, 0.29) is 11.7 Å². The Labute approximate surface area is 136 Å². The maximum atomic E-state index is 11.9. The van der Waals surface area contributed by atoms with Gasteiger partial charge in [0.05, 0.1) is 11.7 Å². The summed E-state index contributed by atoms with van der Waals surface area (Å²) in [6.07, 6.45) is -0.280. The molecule has 0 amide bonds. The third kappa shape index (κ3) is 11.4. The minimum Gasteiger partial charge on any atom is -0.430 e. The molecule has 0 saturated carbocycles. The van der Waals surface area contributed by atoms with Gasteiger partial charge in [0.25, 0.3) is 5.79 Å². The molecular formula is C15H26O8. The number of rotatable bonds is 7. The second-order valence-corrected chi connectivity index (χ2v) is 6.47. The summed E-state index contributed by atoms with van der Waals surface area (Å²) >= 11 is 0. The van der Waals surface area contributed by atoms with Crippen molar-refractivity contribution in [3.63, 3.8) is 0 Å². The zero-order valence-electron chi connectivity index (χ0n) is 14.9. The molecule has 0 aliphatic carbocycles. The first-order chi connectivity index (χ1) is 10.3. The van der Waals surface area contributed by atoms with Crippen molar-refractivity contribution >= 4 is 12.1 Å². The molecular weight excluding hydrogens is 308 g/mol. The Kier molecular flexibility index (Phi) is 8.05.